The van der Waals surface area contributed by atoms with Crippen LogP contribution in [0.4, 0.5) is 0 Å². The zero-order valence-corrected chi connectivity index (χ0v) is 7.13. The van der Waals surface area contributed by atoms with Gasteiger partial charge in [-0.15, -0.1) is 0 Å². The molecule has 0 rings (SSSR count). The number of nitrogens with zero attached hydrogens (tertiary/aromatic N) is 2. The zero-order chi connectivity index (χ0) is 7.98. The first-order valence-corrected chi connectivity index (χ1v) is 3.45. The summed E-state index contributed by atoms with van der Waals surface area (Å²) in [5.41, 5.74) is 0. The molecule has 0 heterocycles. The molecule has 0 amide bonds. The highest BCUT2D eigenvalue weighted by molar-refractivity contribution is 4.44. The van der Waals surface area contributed by atoms with Gasteiger partial charge in [-0.2, -0.15) is 5.06 Å². The van der Waals surface area contributed by atoms with E-state index in [-0.39, 0.29) is 0 Å². The molecule has 10 heavy (non-hydrogen) atoms. The molecule has 0 aromatic rings. The van der Waals surface area contributed by atoms with E-state index in [1.807, 2.05) is 21.1 Å². The highest BCUT2D eigenvalue weighted by atomic mass is 16.7. The molecular formula is C7H17N2O. The molecule has 3 heteroatoms. The standard InChI is InChI=1S/C7H17N2O/c1-5-10-9(4)7-6-8(2)3/h1,5-7H2,2-4H3. The molecule has 0 saturated carbocycles. The average Bonchev–Trinajstić information content (AvgIpc) is 1.85. The number of hydrogen-bond donors (Lipinski definition) is 0. The largest absolute Gasteiger partial charge is 0.308 e. The van der Waals surface area contributed by atoms with Gasteiger partial charge in [0.2, 0.25) is 0 Å². The lowest BCUT2D eigenvalue weighted by Crippen LogP contribution is -2.28. The Bertz CT molecular complexity index is 76.0. The van der Waals surface area contributed by atoms with Crippen molar-refractivity contribution in [2.45, 2.75) is 0 Å². The van der Waals surface area contributed by atoms with Gasteiger partial charge < -0.3 is 4.90 Å². The summed E-state index contributed by atoms with van der Waals surface area (Å²) < 4.78 is 0. The molecule has 0 spiro atoms. The number of hydroxylamine groups is 2. The maximum Gasteiger partial charge on any atom is 0.0685 e. The van der Waals surface area contributed by atoms with Crippen molar-refractivity contribution in [1.82, 2.24) is 9.96 Å². The molecule has 1 radical (unpaired) electrons. The lowest BCUT2D eigenvalue weighted by Gasteiger charge is -2.17. The molecule has 0 aliphatic rings. The van der Waals surface area contributed by atoms with E-state index in [1.165, 1.54) is 0 Å². The van der Waals surface area contributed by atoms with Gasteiger partial charge in [0, 0.05) is 20.1 Å². The summed E-state index contributed by atoms with van der Waals surface area (Å²) in [5.74, 6) is 0. The smallest absolute Gasteiger partial charge is 0.0685 e. The van der Waals surface area contributed by atoms with Crippen molar-refractivity contribution in [2.24, 2.45) is 0 Å². The third kappa shape index (κ3) is 6.01. The summed E-state index contributed by atoms with van der Waals surface area (Å²) >= 11 is 0. The highest BCUT2D eigenvalue weighted by Crippen LogP contribution is 1.84. The lowest BCUT2D eigenvalue weighted by atomic mass is 10.6. The molecule has 3 nitrogen and oxygen atoms in total. The van der Waals surface area contributed by atoms with Crippen molar-refractivity contribution in [1.29, 1.82) is 0 Å². The van der Waals surface area contributed by atoms with Gasteiger partial charge >= 0.3 is 0 Å². The van der Waals surface area contributed by atoms with E-state index >= 15 is 0 Å². The van der Waals surface area contributed by atoms with Crippen LogP contribution in [0.25, 0.3) is 0 Å². The first-order chi connectivity index (χ1) is 4.66. The van der Waals surface area contributed by atoms with Crippen LogP contribution >= 0.6 is 0 Å². The maximum absolute atomic E-state index is 5.09. The van der Waals surface area contributed by atoms with Crippen molar-refractivity contribution in [3.8, 4) is 0 Å². The summed E-state index contributed by atoms with van der Waals surface area (Å²) in [6, 6.07) is 0. The molecule has 0 aromatic carbocycles. The Hall–Kier alpha value is -0.120. The number of likely N-dealkylation sites (N-methyl/N-ethyl adjacent to an activating group) is 2. The van der Waals surface area contributed by atoms with Crippen LogP contribution in [0.15, 0.2) is 0 Å². The minimum atomic E-state index is 0.504. The Balaban J connectivity index is 3.12. The van der Waals surface area contributed by atoms with Gasteiger partial charge in [0.15, 0.2) is 0 Å². The van der Waals surface area contributed by atoms with Crippen LogP contribution in [-0.4, -0.2) is 50.8 Å². The molecule has 0 aliphatic heterocycles. The van der Waals surface area contributed by atoms with Crippen LogP contribution in [0.1, 0.15) is 0 Å². The summed E-state index contributed by atoms with van der Waals surface area (Å²) in [4.78, 5) is 7.20. The van der Waals surface area contributed by atoms with Gasteiger partial charge in [-0.1, -0.05) is 0 Å². The molecule has 0 unspecified atom stereocenters. The SMILES string of the molecule is [CH2]CON(C)CCN(C)C. The molecule has 0 fully saturated rings. The van der Waals surface area contributed by atoms with E-state index in [2.05, 4.69) is 11.8 Å². The minimum Gasteiger partial charge on any atom is -0.308 e. The van der Waals surface area contributed by atoms with E-state index < -0.39 is 0 Å². The zero-order valence-electron chi connectivity index (χ0n) is 7.13. The molecule has 0 aliphatic carbocycles. The maximum atomic E-state index is 5.09. The van der Waals surface area contributed by atoms with Crippen molar-refractivity contribution in [3.05, 3.63) is 6.92 Å². The summed E-state index contributed by atoms with van der Waals surface area (Å²) in [6.45, 7) is 6.01. The fraction of sp³-hybridized carbons (Fsp3) is 0.857. The monoisotopic (exact) mass is 145 g/mol. The minimum absolute atomic E-state index is 0.504. The fourth-order valence-corrected chi connectivity index (χ4v) is 0.561. The summed E-state index contributed by atoms with van der Waals surface area (Å²) in [6.07, 6.45) is 0. The normalized spacial score (nSPS) is 11.4. The van der Waals surface area contributed by atoms with Crippen LogP contribution in [0.3, 0.4) is 0 Å². The van der Waals surface area contributed by atoms with Gasteiger partial charge in [-0.05, 0) is 21.0 Å². The van der Waals surface area contributed by atoms with E-state index in [1.54, 1.807) is 5.06 Å². The van der Waals surface area contributed by atoms with Crippen LogP contribution in [-0.2, 0) is 4.84 Å². The summed E-state index contributed by atoms with van der Waals surface area (Å²) in [5, 5.41) is 1.80. The van der Waals surface area contributed by atoms with Crippen LogP contribution < -0.4 is 0 Å². The number of hydrogen-bond acceptors (Lipinski definition) is 3. The van der Waals surface area contributed by atoms with Crippen molar-refractivity contribution < 1.29 is 4.84 Å². The fourth-order valence-electron chi connectivity index (χ4n) is 0.561. The quantitative estimate of drug-likeness (QED) is 0.516. The molecule has 0 aromatic heterocycles. The van der Waals surface area contributed by atoms with E-state index in [0.29, 0.717) is 6.61 Å². The van der Waals surface area contributed by atoms with Gasteiger partial charge in [0.05, 0.1) is 6.61 Å². The van der Waals surface area contributed by atoms with Crippen molar-refractivity contribution >= 4 is 0 Å². The molecule has 0 N–H and O–H groups in total. The second-order valence-corrected chi connectivity index (χ2v) is 2.49. The van der Waals surface area contributed by atoms with Gasteiger partial charge in [0.25, 0.3) is 0 Å². The first kappa shape index (κ1) is 9.88. The van der Waals surface area contributed by atoms with Gasteiger partial charge in [0.1, 0.15) is 0 Å². The van der Waals surface area contributed by atoms with Crippen LogP contribution in [0.5, 0.6) is 0 Å². The third-order valence-corrected chi connectivity index (χ3v) is 1.17. The topological polar surface area (TPSA) is 15.7 Å². The Morgan fingerprint density at radius 1 is 1.20 bits per heavy atom. The predicted molar refractivity (Wildman–Crippen MR) is 42.5 cm³/mol. The van der Waals surface area contributed by atoms with E-state index in [0.717, 1.165) is 13.1 Å². The van der Waals surface area contributed by atoms with Gasteiger partial charge in [-0.25, -0.2) is 0 Å². The first-order valence-electron chi connectivity index (χ1n) is 3.45. The molecular weight excluding hydrogens is 128 g/mol. The van der Waals surface area contributed by atoms with E-state index in [9.17, 15) is 0 Å². The lowest BCUT2D eigenvalue weighted by molar-refractivity contribution is -0.129. The van der Waals surface area contributed by atoms with Crippen LogP contribution in [0, 0.1) is 6.92 Å². The predicted octanol–water partition coefficient (Wildman–Crippen LogP) is 0.245. The second-order valence-electron chi connectivity index (χ2n) is 2.49. The van der Waals surface area contributed by atoms with Gasteiger partial charge in [-0.3, -0.25) is 4.84 Å². The van der Waals surface area contributed by atoms with Crippen molar-refractivity contribution in [2.75, 3.05) is 40.8 Å². The summed E-state index contributed by atoms with van der Waals surface area (Å²) in [7, 11) is 5.99. The molecule has 0 saturated heterocycles. The highest BCUT2D eigenvalue weighted by Gasteiger charge is 1.96. The number of rotatable bonds is 5. The Kier molecular flexibility index (Phi) is 5.58. The molecule has 0 atom stereocenters. The van der Waals surface area contributed by atoms with E-state index in [4.69, 9.17) is 4.84 Å². The Morgan fingerprint density at radius 2 is 1.80 bits per heavy atom. The van der Waals surface area contributed by atoms with Crippen LogP contribution in [0.2, 0.25) is 0 Å². The Labute approximate surface area is 63.5 Å². The Morgan fingerprint density at radius 3 is 2.20 bits per heavy atom. The van der Waals surface area contributed by atoms with Crippen molar-refractivity contribution in [3.63, 3.8) is 0 Å². The average molecular weight is 145 g/mol. The second kappa shape index (κ2) is 5.65. The third-order valence-electron chi connectivity index (χ3n) is 1.17. The molecule has 61 valence electrons. The molecule has 0 bridgehead atoms.